The zero-order valence-electron chi connectivity index (χ0n) is 13.1. The second-order valence-corrected chi connectivity index (χ2v) is 5.72. The predicted octanol–water partition coefficient (Wildman–Crippen LogP) is 2.94. The molecule has 4 rings (SSSR count). The minimum Gasteiger partial charge on any atom is -0.545 e. The lowest BCUT2D eigenvalue weighted by atomic mass is 10.1. The molecule has 0 atom stereocenters. The van der Waals surface area contributed by atoms with Crippen LogP contribution in [0.25, 0.3) is 21.8 Å². The number of hydrogen-bond donors (Lipinski definition) is 2. The zero-order valence-corrected chi connectivity index (χ0v) is 13.1. The Bertz CT molecular complexity index is 1130. The number of carbonyl (C=O) groups excluding carboxylic acids is 2. The molecule has 0 spiro atoms. The first-order valence-corrected chi connectivity index (χ1v) is 7.76. The molecule has 5 heteroatoms. The summed E-state index contributed by atoms with van der Waals surface area (Å²) in [5.41, 5.74) is 2.61. The molecule has 5 nitrogen and oxygen atoms in total. The fraction of sp³-hybridized carbons (Fsp3) is 0. The molecule has 1 heterocycles. The van der Waals surface area contributed by atoms with Crippen molar-refractivity contribution in [2.45, 2.75) is 0 Å². The second kappa shape index (κ2) is 5.79. The minimum absolute atomic E-state index is 0.0154. The van der Waals surface area contributed by atoms with E-state index in [0.717, 1.165) is 21.8 Å². The lowest BCUT2D eigenvalue weighted by Crippen LogP contribution is -2.22. The summed E-state index contributed by atoms with van der Waals surface area (Å²) in [5.74, 6) is -1.60. The average molecular weight is 329 g/mol. The molecule has 0 aliphatic heterocycles. The Kier molecular flexibility index (Phi) is 3.47. The van der Waals surface area contributed by atoms with E-state index in [1.54, 1.807) is 18.2 Å². The smallest absolute Gasteiger partial charge is 0.257 e. The average Bonchev–Trinajstić information content (AvgIpc) is 3.00. The van der Waals surface area contributed by atoms with Crippen LogP contribution in [-0.2, 0) is 0 Å². The molecule has 3 aromatic carbocycles. The van der Waals surface area contributed by atoms with E-state index in [4.69, 9.17) is 0 Å². The van der Waals surface area contributed by atoms with Gasteiger partial charge in [0.25, 0.3) is 5.91 Å². The minimum atomic E-state index is -1.28. The van der Waals surface area contributed by atoms with Gasteiger partial charge in [0.05, 0.1) is 17.0 Å². The maximum atomic E-state index is 12.7. The third kappa shape index (κ3) is 2.61. The van der Waals surface area contributed by atoms with Crippen molar-refractivity contribution in [2.75, 3.05) is 5.32 Å². The molecule has 0 aliphatic rings. The lowest BCUT2D eigenvalue weighted by Gasteiger charge is -2.08. The van der Waals surface area contributed by atoms with Crippen LogP contribution in [0.5, 0.6) is 0 Å². The van der Waals surface area contributed by atoms with Gasteiger partial charge in [-0.1, -0.05) is 42.5 Å². The maximum Gasteiger partial charge on any atom is 0.257 e. The number of benzene rings is 3. The first-order valence-electron chi connectivity index (χ1n) is 7.76. The molecule has 122 valence electrons. The number of hydrogen-bond acceptors (Lipinski definition) is 3. The van der Waals surface area contributed by atoms with E-state index in [9.17, 15) is 14.7 Å². The number of carbonyl (C=O) groups is 2. The Labute approximate surface area is 142 Å². The molecule has 4 aromatic rings. The van der Waals surface area contributed by atoms with Crippen molar-refractivity contribution in [1.82, 2.24) is 4.98 Å². The normalized spacial score (nSPS) is 10.9. The highest BCUT2D eigenvalue weighted by Crippen LogP contribution is 2.28. The highest BCUT2D eigenvalue weighted by atomic mass is 16.4. The molecule has 0 aliphatic carbocycles. The molecule has 1 amide bonds. The molecule has 25 heavy (non-hydrogen) atoms. The van der Waals surface area contributed by atoms with Crippen molar-refractivity contribution in [2.24, 2.45) is 0 Å². The molecule has 0 unspecified atom stereocenters. The van der Waals surface area contributed by atoms with Crippen molar-refractivity contribution in [1.29, 1.82) is 0 Å². The Morgan fingerprint density at radius 1 is 0.880 bits per heavy atom. The summed E-state index contributed by atoms with van der Waals surface area (Å²) in [6.07, 6.45) is 0. The standard InChI is InChI=1S/C20H14N2O3/c23-19(21-13-6-3-5-12(11-13)20(24)25)16-9-4-8-15-14-7-1-2-10-17(14)22-18(15)16/h1-11,22H,(H,21,23)(H,24,25)/p-1. The highest BCUT2D eigenvalue weighted by Gasteiger charge is 2.14. The molecule has 0 radical (unpaired) electrons. The van der Waals surface area contributed by atoms with Crippen molar-refractivity contribution in [3.8, 4) is 0 Å². The van der Waals surface area contributed by atoms with Crippen LogP contribution < -0.4 is 10.4 Å². The van der Waals surface area contributed by atoms with Gasteiger partial charge in [-0.15, -0.1) is 0 Å². The van der Waals surface area contributed by atoms with Crippen LogP contribution in [0.15, 0.2) is 66.7 Å². The van der Waals surface area contributed by atoms with Gasteiger partial charge in [0.2, 0.25) is 0 Å². The summed E-state index contributed by atoms with van der Waals surface area (Å²) in [5, 5.41) is 15.7. The number of carboxylic acids is 1. The van der Waals surface area contributed by atoms with E-state index >= 15 is 0 Å². The molecule has 0 saturated heterocycles. The van der Waals surface area contributed by atoms with Crippen LogP contribution in [0.1, 0.15) is 20.7 Å². The SMILES string of the molecule is O=C([O-])c1cccc(NC(=O)c2cccc3c2[nH]c2ccccc23)c1. The number of aromatic nitrogens is 1. The number of nitrogens with one attached hydrogen (secondary N) is 2. The molecular weight excluding hydrogens is 316 g/mol. The molecule has 0 bridgehead atoms. The summed E-state index contributed by atoms with van der Waals surface area (Å²) in [4.78, 5) is 26.9. The molecular formula is C20H13N2O3-. The van der Waals surface area contributed by atoms with Crippen molar-refractivity contribution < 1.29 is 14.7 Å². The summed E-state index contributed by atoms with van der Waals surface area (Å²) in [7, 11) is 0. The van der Waals surface area contributed by atoms with Crippen LogP contribution in [0, 0.1) is 0 Å². The van der Waals surface area contributed by atoms with Gasteiger partial charge in [-0.05, 0) is 29.8 Å². The van der Waals surface area contributed by atoms with Crippen LogP contribution >= 0.6 is 0 Å². The van der Waals surface area contributed by atoms with E-state index in [-0.39, 0.29) is 11.5 Å². The van der Waals surface area contributed by atoms with E-state index < -0.39 is 5.97 Å². The van der Waals surface area contributed by atoms with Gasteiger partial charge in [-0.2, -0.15) is 0 Å². The molecule has 2 N–H and O–H groups in total. The topological polar surface area (TPSA) is 85.0 Å². The first-order chi connectivity index (χ1) is 12.1. The van der Waals surface area contributed by atoms with Crippen LogP contribution in [-0.4, -0.2) is 16.9 Å². The fourth-order valence-corrected chi connectivity index (χ4v) is 2.98. The summed E-state index contributed by atoms with van der Waals surface area (Å²) < 4.78 is 0. The predicted molar refractivity (Wildman–Crippen MR) is 94.5 cm³/mol. The Morgan fingerprint density at radius 2 is 1.64 bits per heavy atom. The first kappa shape index (κ1) is 15.0. The number of aromatic carboxylic acids is 1. The van der Waals surface area contributed by atoms with Gasteiger partial charge in [0.15, 0.2) is 0 Å². The van der Waals surface area contributed by atoms with Gasteiger partial charge >= 0.3 is 0 Å². The number of carboxylic acid groups (broad SMARTS) is 1. The maximum absolute atomic E-state index is 12.7. The Hall–Kier alpha value is -3.60. The van der Waals surface area contributed by atoms with Gasteiger partial charge in [-0.3, -0.25) is 4.79 Å². The van der Waals surface area contributed by atoms with Crippen molar-refractivity contribution >= 4 is 39.4 Å². The van der Waals surface area contributed by atoms with E-state index in [0.29, 0.717) is 11.3 Å². The molecule has 0 fully saturated rings. The third-order valence-corrected chi connectivity index (χ3v) is 4.14. The number of H-pyrrole nitrogens is 1. The largest absolute Gasteiger partial charge is 0.545 e. The van der Waals surface area contributed by atoms with Crippen LogP contribution in [0.2, 0.25) is 0 Å². The summed E-state index contributed by atoms with van der Waals surface area (Å²) in [6, 6.07) is 19.4. The summed E-state index contributed by atoms with van der Waals surface area (Å²) in [6.45, 7) is 0. The van der Waals surface area contributed by atoms with Crippen LogP contribution in [0.4, 0.5) is 5.69 Å². The number of rotatable bonds is 3. The highest BCUT2D eigenvalue weighted by molar-refractivity contribution is 6.17. The van der Waals surface area contributed by atoms with Gasteiger partial charge in [0.1, 0.15) is 0 Å². The number of anilines is 1. The molecule has 0 saturated carbocycles. The van der Waals surface area contributed by atoms with Gasteiger partial charge < -0.3 is 20.2 Å². The van der Waals surface area contributed by atoms with Crippen molar-refractivity contribution in [3.05, 3.63) is 77.9 Å². The monoisotopic (exact) mass is 329 g/mol. The Morgan fingerprint density at radius 3 is 2.48 bits per heavy atom. The second-order valence-electron chi connectivity index (χ2n) is 5.72. The number of aromatic amines is 1. The van der Waals surface area contributed by atoms with Gasteiger partial charge in [-0.25, -0.2) is 0 Å². The fourth-order valence-electron chi connectivity index (χ4n) is 2.98. The van der Waals surface area contributed by atoms with Crippen molar-refractivity contribution in [3.63, 3.8) is 0 Å². The molecule has 1 aromatic heterocycles. The number of para-hydroxylation sites is 2. The quantitative estimate of drug-likeness (QED) is 0.606. The van der Waals surface area contributed by atoms with E-state index in [1.807, 2.05) is 36.4 Å². The Balaban J connectivity index is 1.75. The lowest BCUT2D eigenvalue weighted by molar-refractivity contribution is -0.255. The third-order valence-electron chi connectivity index (χ3n) is 4.14. The van der Waals surface area contributed by atoms with Gasteiger partial charge in [0, 0.05) is 22.0 Å². The van der Waals surface area contributed by atoms with E-state index in [2.05, 4.69) is 10.3 Å². The number of amides is 1. The van der Waals surface area contributed by atoms with E-state index in [1.165, 1.54) is 12.1 Å². The van der Waals surface area contributed by atoms with Crippen LogP contribution in [0.3, 0.4) is 0 Å². The summed E-state index contributed by atoms with van der Waals surface area (Å²) >= 11 is 0. The number of fused-ring (bicyclic) bond motifs is 3. The zero-order chi connectivity index (χ0) is 17.4.